The van der Waals surface area contributed by atoms with E-state index in [-0.39, 0.29) is 5.75 Å². The zero-order valence-corrected chi connectivity index (χ0v) is 7.04. The molecule has 14 heavy (non-hydrogen) atoms. The molecular weight excluding hydrogens is 197 g/mol. The normalized spacial score (nSPS) is 11.1. The van der Waals surface area contributed by atoms with Crippen molar-refractivity contribution < 1.29 is 22.7 Å². The molecule has 1 rings (SSSR count). The molecule has 0 atom stereocenters. The Morgan fingerprint density at radius 2 is 1.79 bits per heavy atom. The van der Waals surface area contributed by atoms with E-state index in [4.69, 9.17) is 0 Å². The molecule has 76 valence electrons. The number of halogens is 3. The second-order valence-corrected chi connectivity index (χ2v) is 2.52. The minimum absolute atomic E-state index is 0.241. The molecule has 0 aliphatic heterocycles. The van der Waals surface area contributed by atoms with E-state index >= 15 is 0 Å². The Balaban J connectivity index is 2.46. The first-order valence-corrected chi connectivity index (χ1v) is 3.78. The van der Waals surface area contributed by atoms with Gasteiger partial charge >= 0.3 is 6.18 Å². The number of rotatable bonds is 3. The van der Waals surface area contributed by atoms with E-state index in [1.165, 1.54) is 12.1 Å². The van der Waals surface area contributed by atoms with Crippen molar-refractivity contribution in [2.75, 3.05) is 6.61 Å². The quantitative estimate of drug-likeness (QED) is 0.754. The van der Waals surface area contributed by atoms with Crippen molar-refractivity contribution in [1.29, 1.82) is 0 Å². The van der Waals surface area contributed by atoms with Gasteiger partial charge in [0.25, 0.3) is 5.78 Å². The summed E-state index contributed by atoms with van der Waals surface area (Å²) < 4.78 is 39.8. The van der Waals surface area contributed by atoms with Gasteiger partial charge in [-0.15, -0.1) is 0 Å². The lowest BCUT2D eigenvalue weighted by molar-refractivity contribution is -0.173. The van der Waals surface area contributed by atoms with Crippen molar-refractivity contribution in [3.05, 3.63) is 30.3 Å². The van der Waals surface area contributed by atoms with E-state index in [1.807, 2.05) is 0 Å². The van der Waals surface area contributed by atoms with Crippen molar-refractivity contribution >= 4 is 5.78 Å². The molecule has 1 aromatic carbocycles. The highest BCUT2D eigenvalue weighted by Crippen LogP contribution is 2.17. The van der Waals surface area contributed by atoms with Crippen LogP contribution in [-0.4, -0.2) is 18.6 Å². The summed E-state index contributed by atoms with van der Waals surface area (Å²) >= 11 is 0. The zero-order chi connectivity index (χ0) is 10.6. The fourth-order valence-corrected chi connectivity index (χ4v) is 0.747. The van der Waals surface area contributed by atoms with E-state index in [0.29, 0.717) is 0 Å². The zero-order valence-electron chi connectivity index (χ0n) is 7.04. The van der Waals surface area contributed by atoms with Crippen LogP contribution in [0.4, 0.5) is 13.2 Å². The van der Waals surface area contributed by atoms with Gasteiger partial charge in [-0.05, 0) is 12.1 Å². The molecule has 0 heterocycles. The standard InChI is InChI=1S/C9H7F3O2/c10-9(11,12)8(13)6-14-7-4-2-1-3-5-7/h1-5H,6H2. The molecule has 0 unspecified atom stereocenters. The monoisotopic (exact) mass is 204 g/mol. The molecule has 0 aliphatic rings. The summed E-state index contributed by atoms with van der Waals surface area (Å²) in [7, 11) is 0. The van der Waals surface area contributed by atoms with Crippen LogP contribution >= 0.6 is 0 Å². The minimum atomic E-state index is -4.82. The molecule has 0 saturated carbocycles. The smallest absolute Gasteiger partial charge is 0.453 e. The lowest BCUT2D eigenvalue weighted by atomic mass is 10.3. The van der Waals surface area contributed by atoms with Crippen LogP contribution in [0, 0.1) is 0 Å². The Kier molecular flexibility index (Phi) is 3.11. The summed E-state index contributed by atoms with van der Waals surface area (Å²) in [6.45, 7) is -0.979. The lowest BCUT2D eigenvalue weighted by Gasteiger charge is -2.06. The lowest BCUT2D eigenvalue weighted by Crippen LogP contribution is -2.28. The fraction of sp³-hybridized carbons (Fsp3) is 0.222. The molecule has 0 aromatic heterocycles. The van der Waals surface area contributed by atoms with E-state index in [9.17, 15) is 18.0 Å². The number of para-hydroxylation sites is 1. The molecular formula is C9H7F3O2. The van der Waals surface area contributed by atoms with Crippen LogP contribution in [-0.2, 0) is 4.79 Å². The van der Waals surface area contributed by atoms with Gasteiger partial charge in [-0.3, -0.25) is 4.79 Å². The highest BCUT2D eigenvalue weighted by atomic mass is 19.4. The maximum Gasteiger partial charge on any atom is 0.453 e. The SMILES string of the molecule is O=C(COc1ccccc1)C(F)(F)F. The van der Waals surface area contributed by atoms with Gasteiger partial charge in [-0.1, -0.05) is 18.2 Å². The van der Waals surface area contributed by atoms with E-state index < -0.39 is 18.6 Å². The Labute approximate surface area is 78.3 Å². The Hall–Kier alpha value is -1.52. The molecule has 5 heteroatoms. The van der Waals surface area contributed by atoms with E-state index in [0.717, 1.165) is 0 Å². The predicted molar refractivity (Wildman–Crippen MR) is 43.0 cm³/mol. The first-order valence-electron chi connectivity index (χ1n) is 3.78. The van der Waals surface area contributed by atoms with Crippen LogP contribution in [0.15, 0.2) is 30.3 Å². The average Bonchev–Trinajstić information content (AvgIpc) is 2.14. The number of Topliss-reactive ketones (excluding diaryl/α,β-unsaturated/α-hetero) is 1. The number of carbonyl (C=O) groups is 1. The summed E-state index contributed by atoms with van der Waals surface area (Å²) in [6, 6.07) is 7.85. The van der Waals surface area contributed by atoms with E-state index in [1.54, 1.807) is 18.2 Å². The topological polar surface area (TPSA) is 26.3 Å². The van der Waals surface area contributed by atoms with Gasteiger partial charge < -0.3 is 4.74 Å². The van der Waals surface area contributed by atoms with Gasteiger partial charge in [0.05, 0.1) is 0 Å². The first-order chi connectivity index (χ1) is 6.50. The molecule has 2 nitrogen and oxygen atoms in total. The van der Waals surface area contributed by atoms with Gasteiger partial charge in [-0.25, -0.2) is 0 Å². The van der Waals surface area contributed by atoms with Crippen LogP contribution in [0.3, 0.4) is 0 Å². The third-order valence-corrected chi connectivity index (χ3v) is 1.43. The molecule has 0 bridgehead atoms. The van der Waals surface area contributed by atoms with Crippen molar-refractivity contribution in [2.24, 2.45) is 0 Å². The molecule has 0 aliphatic carbocycles. The number of ether oxygens (including phenoxy) is 1. The maximum atomic E-state index is 11.7. The molecule has 0 spiro atoms. The summed E-state index contributed by atoms with van der Waals surface area (Å²) in [5, 5.41) is 0. The number of alkyl halides is 3. The minimum Gasteiger partial charge on any atom is -0.485 e. The third-order valence-electron chi connectivity index (χ3n) is 1.43. The number of hydrogen-bond acceptors (Lipinski definition) is 2. The Bertz CT molecular complexity index is 306. The summed E-state index contributed by atoms with van der Waals surface area (Å²) in [5.74, 6) is -1.65. The van der Waals surface area contributed by atoms with Crippen LogP contribution in [0.1, 0.15) is 0 Å². The summed E-state index contributed by atoms with van der Waals surface area (Å²) in [6.07, 6.45) is -4.82. The molecule has 0 fully saturated rings. The van der Waals surface area contributed by atoms with Crippen LogP contribution < -0.4 is 4.74 Å². The van der Waals surface area contributed by atoms with Gasteiger partial charge in [0.15, 0.2) is 6.61 Å². The molecule has 1 aromatic rings. The number of carbonyl (C=O) groups excluding carboxylic acids is 1. The summed E-state index contributed by atoms with van der Waals surface area (Å²) in [4.78, 5) is 10.4. The number of benzene rings is 1. The molecule has 0 radical (unpaired) electrons. The Morgan fingerprint density at radius 3 is 2.29 bits per heavy atom. The van der Waals surface area contributed by atoms with Crippen LogP contribution in [0.5, 0.6) is 5.75 Å². The molecule has 0 N–H and O–H groups in total. The van der Waals surface area contributed by atoms with Crippen LogP contribution in [0.25, 0.3) is 0 Å². The second kappa shape index (κ2) is 4.13. The van der Waals surface area contributed by atoms with Crippen molar-refractivity contribution in [1.82, 2.24) is 0 Å². The highest BCUT2D eigenvalue weighted by molar-refractivity contribution is 5.85. The van der Waals surface area contributed by atoms with Gasteiger partial charge in [0.1, 0.15) is 5.75 Å². The van der Waals surface area contributed by atoms with Crippen molar-refractivity contribution in [3.63, 3.8) is 0 Å². The highest BCUT2D eigenvalue weighted by Gasteiger charge is 2.38. The largest absolute Gasteiger partial charge is 0.485 e. The number of hydrogen-bond donors (Lipinski definition) is 0. The second-order valence-electron chi connectivity index (χ2n) is 2.52. The van der Waals surface area contributed by atoms with Crippen molar-refractivity contribution in [2.45, 2.75) is 6.18 Å². The van der Waals surface area contributed by atoms with Gasteiger partial charge in [0.2, 0.25) is 0 Å². The first kappa shape index (κ1) is 10.6. The maximum absolute atomic E-state index is 11.7. The third kappa shape index (κ3) is 3.08. The summed E-state index contributed by atoms with van der Waals surface area (Å²) in [5.41, 5.74) is 0. The number of ketones is 1. The van der Waals surface area contributed by atoms with Gasteiger partial charge in [0, 0.05) is 0 Å². The average molecular weight is 204 g/mol. The Morgan fingerprint density at radius 1 is 1.21 bits per heavy atom. The van der Waals surface area contributed by atoms with Gasteiger partial charge in [-0.2, -0.15) is 13.2 Å². The molecule has 0 amide bonds. The van der Waals surface area contributed by atoms with Crippen molar-refractivity contribution in [3.8, 4) is 5.75 Å². The molecule has 0 saturated heterocycles. The fourth-order valence-electron chi connectivity index (χ4n) is 0.747. The predicted octanol–water partition coefficient (Wildman–Crippen LogP) is 2.20. The van der Waals surface area contributed by atoms with E-state index in [2.05, 4.69) is 4.74 Å². The van der Waals surface area contributed by atoms with Crippen LogP contribution in [0.2, 0.25) is 0 Å².